The van der Waals surface area contributed by atoms with Crippen LogP contribution in [-0.4, -0.2) is 55.9 Å². The number of amides is 2. The molecule has 23 heavy (non-hydrogen) atoms. The maximum Gasteiger partial charge on any atom is 0.412 e. The molecule has 1 aliphatic carbocycles. The molecule has 1 rings (SSSR count). The van der Waals surface area contributed by atoms with Crippen molar-refractivity contribution in [1.82, 2.24) is 10.2 Å². The summed E-state index contributed by atoms with van der Waals surface area (Å²) in [5, 5.41) is 2.76. The first kappa shape index (κ1) is 19.4. The van der Waals surface area contributed by atoms with E-state index in [9.17, 15) is 18.4 Å². The number of alkyl carbamates (subject to hydrolysis) is 1. The Morgan fingerprint density at radius 1 is 1.22 bits per heavy atom. The summed E-state index contributed by atoms with van der Waals surface area (Å²) < 4.78 is 33.4. The molecule has 1 fully saturated rings. The van der Waals surface area contributed by atoms with E-state index in [1.54, 1.807) is 7.05 Å². The van der Waals surface area contributed by atoms with E-state index in [1.807, 2.05) is 20.8 Å². The van der Waals surface area contributed by atoms with Crippen molar-refractivity contribution in [2.75, 3.05) is 27.2 Å². The van der Waals surface area contributed by atoms with Crippen LogP contribution in [0.4, 0.5) is 18.4 Å². The van der Waals surface area contributed by atoms with Crippen LogP contribution >= 0.6 is 0 Å². The molecule has 0 spiro atoms. The highest BCUT2D eigenvalue weighted by Crippen LogP contribution is 2.42. The summed E-state index contributed by atoms with van der Waals surface area (Å²) in [6.07, 6.45) is 0.418. The van der Waals surface area contributed by atoms with Crippen molar-refractivity contribution >= 4 is 12.2 Å². The Morgan fingerprint density at radius 2 is 1.87 bits per heavy atom. The van der Waals surface area contributed by atoms with E-state index in [0.717, 1.165) is 0 Å². The van der Waals surface area contributed by atoms with E-state index in [0.29, 0.717) is 19.3 Å². The van der Waals surface area contributed by atoms with Gasteiger partial charge in [0.2, 0.25) is 6.86 Å². The Kier molecular flexibility index (Phi) is 6.58. The summed E-state index contributed by atoms with van der Waals surface area (Å²) in [6, 6.07) is -0.218. The zero-order chi connectivity index (χ0) is 17.7. The first-order valence-corrected chi connectivity index (χ1v) is 7.59. The molecule has 1 aliphatic rings. The van der Waals surface area contributed by atoms with Crippen LogP contribution in [0, 0.1) is 5.41 Å². The summed E-state index contributed by atoms with van der Waals surface area (Å²) in [6.45, 7) is 3.70. The van der Waals surface area contributed by atoms with E-state index in [-0.39, 0.29) is 18.1 Å². The summed E-state index contributed by atoms with van der Waals surface area (Å²) in [4.78, 5) is 24.8. The molecule has 2 unspecified atom stereocenters. The molecule has 134 valence electrons. The van der Waals surface area contributed by atoms with Gasteiger partial charge in [0.25, 0.3) is 0 Å². The molecule has 2 atom stereocenters. The van der Waals surface area contributed by atoms with Crippen molar-refractivity contribution in [3.63, 3.8) is 0 Å². The Labute approximate surface area is 135 Å². The van der Waals surface area contributed by atoms with Crippen molar-refractivity contribution in [3.8, 4) is 0 Å². The lowest BCUT2D eigenvalue weighted by Crippen LogP contribution is -2.57. The van der Waals surface area contributed by atoms with E-state index in [1.165, 1.54) is 4.90 Å². The topological polar surface area (TPSA) is 67.9 Å². The van der Waals surface area contributed by atoms with Crippen LogP contribution in [0.15, 0.2) is 0 Å². The highest BCUT2D eigenvalue weighted by molar-refractivity contribution is 5.69. The second-order valence-corrected chi connectivity index (χ2v) is 7.04. The van der Waals surface area contributed by atoms with Crippen molar-refractivity contribution < 1.29 is 27.8 Å². The van der Waals surface area contributed by atoms with Gasteiger partial charge >= 0.3 is 12.2 Å². The quantitative estimate of drug-likeness (QED) is 0.838. The number of carbonyl (C=O) groups excluding carboxylic acids is 2. The largest absolute Gasteiger partial charge is 0.447 e. The molecule has 6 nitrogen and oxygen atoms in total. The van der Waals surface area contributed by atoms with E-state index >= 15 is 0 Å². The molecule has 0 heterocycles. The lowest BCUT2D eigenvalue weighted by Gasteiger charge is -2.48. The zero-order valence-corrected chi connectivity index (χ0v) is 14.2. The normalized spacial score (nSPS) is 26.3. The third-order valence-electron chi connectivity index (χ3n) is 4.07. The lowest BCUT2D eigenvalue weighted by molar-refractivity contribution is 0.0235. The van der Waals surface area contributed by atoms with Gasteiger partial charge in [-0.05, 0) is 31.6 Å². The summed E-state index contributed by atoms with van der Waals surface area (Å²) >= 11 is 0. The standard InChI is InChI=1S/C15H26F2N2O4/c1-14(2)7-11(19(4)13(21)23-10-17)8-15(3,9-14)18-12(20)22-6-5-16/h11H,5-10H2,1-4H3,(H,18,20). The van der Waals surface area contributed by atoms with Crippen LogP contribution in [0.1, 0.15) is 40.0 Å². The number of hydrogen-bond donors (Lipinski definition) is 1. The highest BCUT2D eigenvalue weighted by Gasteiger charge is 2.44. The lowest BCUT2D eigenvalue weighted by atomic mass is 9.66. The fraction of sp³-hybridized carbons (Fsp3) is 0.867. The predicted molar refractivity (Wildman–Crippen MR) is 80.5 cm³/mol. The van der Waals surface area contributed by atoms with Crippen molar-refractivity contribution in [3.05, 3.63) is 0 Å². The smallest absolute Gasteiger partial charge is 0.412 e. The summed E-state index contributed by atoms with van der Waals surface area (Å²) in [5.74, 6) is 0. The van der Waals surface area contributed by atoms with Crippen molar-refractivity contribution in [2.24, 2.45) is 5.41 Å². The van der Waals surface area contributed by atoms with Crippen LogP contribution in [0.25, 0.3) is 0 Å². The minimum absolute atomic E-state index is 0.157. The van der Waals surface area contributed by atoms with Gasteiger partial charge in [-0.15, -0.1) is 0 Å². The number of nitrogens with zero attached hydrogens (tertiary/aromatic N) is 1. The van der Waals surface area contributed by atoms with Gasteiger partial charge < -0.3 is 19.7 Å². The minimum Gasteiger partial charge on any atom is -0.447 e. The fourth-order valence-electron chi connectivity index (χ4n) is 3.51. The molecule has 1 saturated carbocycles. The number of nitrogens with one attached hydrogen (secondary N) is 1. The molecule has 0 aromatic heterocycles. The molecule has 1 N–H and O–H groups in total. The fourth-order valence-corrected chi connectivity index (χ4v) is 3.51. The SMILES string of the molecule is CN(C(=O)OCF)C1CC(C)(C)CC(C)(NC(=O)OCCF)C1. The second-order valence-electron chi connectivity index (χ2n) is 7.04. The van der Waals surface area contributed by atoms with E-state index in [2.05, 4.69) is 10.1 Å². The Balaban J connectivity index is 2.80. The zero-order valence-electron chi connectivity index (χ0n) is 14.2. The molecule has 0 bridgehead atoms. The van der Waals surface area contributed by atoms with Crippen LogP contribution in [0.3, 0.4) is 0 Å². The summed E-state index contributed by atoms with van der Waals surface area (Å²) in [5.41, 5.74) is -0.778. The number of hydrogen-bond acceptors (Lipinski definition) is 4. The molecule has 0 aromatic rings. The van der Waals surface area contributed by atoms with Crippen LogP contribution < -0.4 is 5.32 Å². The van der Waals surface area contributed by atoms with Gasteiger partial charge in [-0.1, -0.05) is 13.8 Å². The number of ether oxygens (including phenoxy) is 2. The van der Waals surface area contributed by atoms with Crippen LogP contribution in [-0.2, 0) is 9.47 Å². The van der Waals surface area contributed by atoms with Crippen LogP contribution in [0.2, 0.25) is 0 Å². The summed E-state index contributed by atoms with van der Waals surface area (Å²) in [7, 11) is 1.55. The van der Waals surface area contributed by atoms with E-state index < -0.39 is 31.3 Å². The van der Waals surface area contributed by atoms with Gasteiger partial charge in [0.15, 0.2) is 0 Å². The van der Waals surface area contributed by atoms with Gasteiger partial charge in [0, 0.05) is 18.6 Å². The molecular formula is C15H26F2N2O4. The third kappa shape index (κ3) is 5.84. The van der Waals surface area contributed by atoms with Gasteiger partial charge in [-0.2, -0.15) is 0 Å². The number of alkyl halides is 2. The average molecular weight is 336 g/mol. The molecule has 0 aliphatic heterocycles. The highest BCUT2D eigenvalue weighted by atomic mass is 19.1. The van der Waals surface area contributed by atoms with Crippen LogP contribution in [0.5, 0.6) is 0 Å². The number of halogens is 2. The molecular weight excluding hydrogens is 310 g/mol. The van der Waals surface area contributed by atoms with Gasteiger partial charge in [-0.25, -0.2) is 18.4 Å². The van der Waals surface area contributed by atoms with Gasteiger partial charge in [0.05, 0.1) is 0 Å². The molecule has 8 heteroatoms. The maximum atomic E-state index is 12.2. The van der Waals surface area contributed by atoms with Crippen molar-refractivity contribution in [1.29, 1.82) is 0 Å². The minimum atomic E-state index is -1.18. The second kappa shape index (κ2) is 7.79. The molecule has 0 saturated heterocycles. The molecule has 0 aromatic carbocycles. The monoisotopic (exact) mass is 336 g/mol. The Bertz CT molecular complexity index is 434. The number of rotatable bonds is 5. The first-order chi connectivity index (χ1) is 10.6. The predicted octanol–water partition coefficient (Wildman–Crippen LogP) is 3.01. The molecule has 0 radical (unpaired) electrons. The average Bonchev–Trinajstić information content (AvgIpc) is 2.41. The van der Waals surface area contributed by atoms with Gasteiger partial charge in [0.1, 0.15) is 13.3 Å². The van der Waals surface area contributed by atoms with E-state index in [4.69, 9.17) is 4.74 Å². The van der Waals surface area contributed by atoms with Crippen molar-refractivity contribution in [2.45, 2.75) is 51.6 Å². The maximum absolute atomic E-state index is 12.2. The first-order valence-electron chi connectivity index (χ1n) is 7.59. The van der Waals surface area contributed by atoms with Gasteiger partial charge in [-0.3, -0.25) is 0 Å². The Morgan fingerprint density at radius 3 is 2.43 bits per heavy atom. The third-order valence-corrected chi connectivity index (χ3v) is 4.07. The Hall–Kier alpha value is -1.60. The number of carbonyl (C=O) groups is 2. The molecule has 2 amide bonds.